The first-order valence-electron chi connectivity index (χ1n) is 16.7. The second-order valence-corrected chi connectivity index (χ2v) is 12.7. The lowest BCUT2D eigenvalue weighted by atomic mass is 10.0. The smallest absolute Gasteiger partial charge is 0.227 e. The number of para-hydroxylation sites is 1. The summed E-state index contributed by atoms with van der Waals surface area (Å²) in [6.45, 7) is 0. The van der Waals surface area contributed by atoms with Crippen molar-refractivity contribution in [3.63, 3.8) is 0 Å². The number of hydrogen-bond donors (Lipinski definition) is 0. The minimum atomic E-state index is 0.568. The summed E-state index contributed by atoms with van der Waals surface area (Å²) in [4.78, 5) is 7.40. The van der Waals surface area contributed by atoms with E-state index in [0.29, 0.717) is 5.89 Å². The average Bonchev–Trinajstić information content (AvgIpc) is 3.89. The van der Waals surface area contributed by atoms with Gasteiger partial charge in [0.2, 0.25) is 5.89 Å². The summed E-state index contributed by atoms with van der Waals surface area (Å²) in [5.41, 5.74) is 11.2. The number of nitrogens with zero attached hydrogens (tertiary/aromatic N) is 2. The highest BCUT2D eigenvalue weighted by atomic mass is 16.4. The van der Waals surface area contributed by atoms with E-state index >= 15 is 0 Å². The summed E-state index contributed by atoms with van der Waals surface area (Å²) in [5.74, 6) is 0.568. The fraction of sp³-hybridized carbons (Fsp3) is 0. The zero-order valence-corrected chi connectivity index (χ0v) is 26.6. The van der Waals surface area contributed by atoms with Gasteiger partial charge in [-0.15, -0.1) is 0 Å². The Hall–Kier alpha value is -6.85. The van der Waals surface area contributed by atoms with E-state index in [4.69, 9.17) is 18.2 Å². The molecule has 5 heteroatoms. The SMILES string of the molecule is c1ccc(-c2cccc(N(c3cccc(-c4nc5c6cccc7oc8cccc(c5o4)c8c76)c3)c3ccc4c(c3)oc3ccccc34)c2)cc1. The van der Waals surface area contributed by atoms with Crippen molar-refractivity contribution >= 4 is 82.8 Å². The summed E-state index contributed by atoms with van der Waals surface area (Å²) >= 11 is 0. The highest BCUT2D eigenvalue weighted by molar-refractivity contribution is 6.31. The fourth-order valence-electron chi connectivity index (χ4n) is 7.60. The van der Waals surface area contributed by atoms with Gasteiger partial charge in [0, 0.05) is 61.0 Å². The van der Waals surface area contributed by atoms with Crippen LogP contribution in [0.3, 0.4) is 0 Å². The lowest BCUT2D eigenvalue weighted by Gasteiger charge is -2.26. The van der Waals surface area contributed by atoms with E-state index in [1.54, 1.807) is 0 Å². The van der Waals surface area contributed by atoms with E-state index in [1.807, 2.05) is 48.5 Å². The minimum absolute atomic E-state index is 0.568. The largest absolute Gasteiger partial charge is 0.456 e. The number of furan rings is 2. The summed E-state index contributed by atoms with van der Waals surface area (Å²) in [6.07, 6.45) is 0. The number of fused-ring (bicyclic) bond motifs is 6. The second kappa shape index (κ2) is 10.3. The Morgan fingerprint density at radius 1 is 0.380 bits per heavy atom. The van der Waals surface area contributed by atoms with Crippen LogP contribution in [-0.4, -0.2) is 4.98 Å². The Morgan fingerprint density at radius 2 is 0.960 bits per heavy atom. The quantitative estimate of drug-likeness (QED) is 0.175. The van der Waals surface area contributed by atoms with Crippen molar-refractivity contribution in [1.82, 2.24) is 4.98 Å². The predicted octanol–water partition coefficient (Wildman–Crippen LogP) is 13.0. The van der Waals surface area contributed by atoms with Crippen LogP contribution in [0.15, 0.2) is 171 Å². The van der Waals surface area contributed by atoms with Crippen molar-refractivity contribution in [2.45, 2.75) is 0 Å². The summed E-state index contributed by atoms with van der Waals surface area (Å²) in [7, 11) is 0. The third-order valence-corrected chi connectivity index (χ3v) is 9.83. The van der Waals surface area contributed by atoms with Crippen molar-refractivity contribution in [2.75, 3.05) is 4.90 Å². The molecular formula is C45H26N2O3. The number of rotatable bonds is 5. The number of aromatic nitrogens is 1. The molecule has 0 atom stereocenters. The van der Waals surface area contributed by atoms with Crippen LogP contribution < -0.4 is 4.90 Å². The van der Waals surface area contributed by atoms with Crippen LogP contribution in [0.5, 0.6) is 0 Å². The van der Waals surface area contributed by atoms with E-state index in [0.717, 1.165) is 99.5 Å². The molecule has 0 amide bonds. The van der Waals surface area contributed by atoms with Crippen LogP contribution in [0.4, 0.5) is 17.1 Å². The van der Waals surface area contributed by atoms with Crippen LogP contribution >= 0.6 is 0 Å². The molecule has 50 heavy (non-hydrogen) atoms. The van der Waals surface area contributed by atoms with Gasteiger partial charge >= 0.3 is 0 Å². The van der Waals surface area contributed by atoms with Gasteiger partial charge < -0.3 is 18.2 Å². The van der Waals surface area contributed by atoms with Crippen LogP contribution in [0.1, 0.15) is 0 Å². The van der Waals surface area contributed by atoms with Crippen LogP contribution in [0.25, 0.3) is 88.3 Å². The molecule has 0 saturated carbocycles. The molecule has 0 bridgehead atoms. The van der Waals surface area contributed by atoms with Crippen LogP contribution in [0.2, 0.25) is 0 Å². The number of anilines is 3. The lowest BCUT2D eigenvalue weighted by Crippen LogP contribution is -2.10. The number of benzene rings is 8. The summed E-state index contributed by atoms with van der Waals surface area (Å²) < 4.78 is 19.2. The van der Waals surface area contributed by atoms with Gasteiger partial charge in [0.25, 0.3) is 0 Å². The average molecular weight is 643 g/mol. The first kappa shape index (κ1) is 27.1. The topological polar surface area (TPSA) is 55.6 Å². The van der Waals surface area contributed by atoms with Crippen LogP contribution in [0, 0.1) is 0 Å². The van der Waals surface area contributed by atoms with Gasteiger partial charge in [0.15, 0.2) is 5.58 Å². The fourth-order valence-corrected chi connectivity index (χ4v) is 7.60. The maximum absolute atomic E-state index is 6.67. The molecule has 0 aliphatic heterocycles. The molecule has 0 spiro atoms. The molecule has 0 saturated heterocycles. The molecule has 0 radical (unpaired) electrons. The number of hydrogen-bond acceptors (Lipinski definition) is 5. The van der Waals surface area contributed by atoms with Crippen LogP contribution in [-0.2, 0) is 0 Å². The third kappa shape index (κ3) is 3.98. The molecule has 0 aliphatic rings. The van der Waals surface area contributed by atoms with E-state index in [1.165, 1.54) is 0 Å². The monoisotopic (exact) mass is 642 g/mol. The maximum atomic E-state index is 6.67. The first-order chi connectivity index (χ1) is 24.8. The van der Waals surface area contributed by atoms with E-state index < -0.39 is 0 Å². The molecule has 3 heterocycles. The van der Waals surface area contributed by atoms with Gasteiger partial charge in [-0.3, -0.25) is 0 Å². The van der Waals surface area contributed by atoms with Crippen molar-refractivity contribution in [1.29, 1.82) is 0 Å². The molecule has 0 unspecified atom stereocenters. The lowest BCUT2D eigenvalue weighted by molar-refractivity contribution is 0.623. The minimum Gasteiger partial charge on any atom is -0.456 e. The van der Waals surface area contributed by atoms with E-state index in [-0.39, 0.29) is 0 Å². The van der Waals surface area contributed by atoms with Gasteiger partial charge in [0.05, 0.1) is 0 Å². The summed E-state index contributed by atoms with van der Waals surface area (Å²) in [5, 5.41) is 6.39. The Bertz CT molecular complexity index is 2980. The molecule has 0 N–H and O–H groups in total. The predicted molar refractivity (Wildman–Crippen MR) is 203 cm³/mol. The summed E-state index contributed by atoms with van der Waals surface area (Å²) in [6, 6.07) is 54.4. The van der Waals surface area contributed by atoms with Crippen molar-refractivity contribution < 1.29 is 13.3 Å². The van der Waals surface area contributed by atoms with E-state index in [9.17, 15) is 0 Å². The van der Waals surface area contributed by atoms with Gasteiger partial charge in [-0.1, -0.05) is 91.0 Å². The van der Waals surface area contributed by atoms with Crippen molar-refractivity contribution in [3.05, 3.63) is 158 Å². The molecule has 8 aromatic carbocycles. The Labute approximate surface area is 285 Å². The van der Waals surface area contributed by atoms with Gasteiger partial charge in [-0.05, 0) is 71.8 Å². The highest BCUT2D eigenvalue weighted by Gasteiger charge is 2.22. The Kier molecular flexibility index (Phi) is 5.60. The Balaban J connectivity index is 1.11. The molecule has 11 rings (SSSR count). The standard InChI is InChI=1S/C45H26N2O3/c1-2-10-27(11-3-1)28-12-6-14-30(24-28)47(32-22-23-34-33-16-4-5-19-37(33)48-40(34)26-32)31-15-7-13-29(25-31)45-46-43-35-17-8-20-38-41(35)42-36(44(43)50-45)18-9-21-39(42)49-38/h1-26H. The Morgan fingerprint density at radius 3 is 1.80 bits per heavy atom. The third-order valence-electron chi connectivity index (χ3n) is 9.83. The van der Waals surface area contributed by atoms with Crippen molar-refractivity contribution in [3.8, 4) is 22.6 Å². The normalized spacial score (nSPS) is 12.0. The van der Waals surface area contributed by atoms with Crippen molar-refractivity contribution in [2.24, 2.45) is 0 Å². The van der Waals surface area contributed by atoms with Gasteiger partial charge in [-0.2, -0.15) is 0 Å². The van der Waals surface area contributed by atoms with Gasteiger partial charge in [0.1, 0.15) is 27.8 Å². The molecule has 3 aromatic heterocycles. The molecule has 0 aliphatic carbocycles. The molecule has 11 aromatic rings. The molecule has 5 nitrogen and oxygen atoms in total. The zero-order chi connectivity index (χ0) is 32.8. The zero-order valence-electron chi connectivity index (χ0n) is 26.6. The molecule has 0 fully saturated rings. The second-order valence-electron chi connectivity index (χ2n) is 12.7. The molecular weight excluding hydrogens is 617 g/mol. The van der Waals surface area contributed by atoms with E-state index in [2.05, 4.69) is 114 Å². The number of oxazole rings is 1. The highest BCUT2D eigenvalue weighted by Crippen LogP contribution is 2.45. The first-order valence-corrected chi connectivity index (χ1v) is 16.7. The maximum Gasteiger partial charge on any atom is 0.227 e. The van der Waals surface area contributed by atoms with Gasteiger partial charge in [-0.25, -0.2) is 4.98 Å². The molecule has 234 valence electrons.